The van der Waals surface area contributed by atoms with Gasteiger partial charge in [-0.2, -0.15) is 0 Å². The number of hydrogen-bond acceptors (Lipinski definition) is 6. The molecule has 18 heavy (non-hydrogen) atoms. The molecule has 2 N–H and O–H groups in total. The molecule has 0 aromatic heterocycles. The predicted molar refractivity (Wildman–Crippen MR) is 66.2 cm³/mol. The van der Waals surface area contributed by atoms with Crippen LogP contribution in [0.5, 0.6) is 0 Å². The van der Waals surface area contributed by atoms with Gasteiger partial charge in [0.2, 0.25) is 0 Å². The average Bonchev–Trinajstić information content (AvgIpc) is 2.13. The van der Waals surface area contributed by atoms with E-state index in [-0.39, 0.29) is 6.61 Å². The summed E-state index contributed by atoms with van der Waals surface area (Å²) in [7, 11) is 2.10. The predicted octanol–water partition coefficient (Wildman–Crippen LogP) is -0.181. The highest BCUT2D eigenvalue weighted by Crippen LogP contribution is 2.48. The van der Waals surface area contributed by atoms with Gasteiger partial charge in [-0.1, -0.05) is 0 Å². The molecule has 0 heterocycles. The van der Waals surface area contributed by atoms with E-state index in [0.29, 0.717) is 11.0 Å². The van der Waals surface area contributed by atoms with Crippen molar-refractivity contribution in [1.29, 1.82) is 0 Å². The molecular formula is C10H23NO6P+. The van der Waals surface area contributed by atoms with Crippen molar-refractivity contribution in [2.45, 2.75) is 13.0 Å². The molecule has 0 aromatic carbocycles. The Labute approximate surface area is 107 Å². The second kappa shape index (κ2) is 7.21. The number of aliphatic hydroxyl groups is 2. The van der Waals surface area contributed by atoms with Crippen molar-refractivity contribution in [3.63, 3.8) is 0 Å². The molecule has 0 bridgehead atoms. The quantitative estimate of drug-likeness (QED) is 0.474. The van der Waals surface area contributed by atoms with Crippen molar-refractivity contribution < 1.29 is 33.1 Å². The lowest BCUT2D eigenvalue weighted by atomic mass is 10.4. The molecule has 0 aliphatic carbocycles. The van der Waals surface area contributed by atoms with Crippen molar-refractivity contribution in [1.82, 2.24) is 0 Å². The lowest BCUT2D eigenvalue weighted by Crippen LogP contribution is -2.37. The highest BCUT2D eigenvalue weighted by atomic mass is 31.2. The third kappa shape index (κ3) is 8.60. The average molecular weight is 284 g/mol. The first-order chi connectivity index (χ1) is 8.08. The van der Waals surface area contributed by atoms with Crippen LogP contribution in [0.3, 0.4) is 0 Å². The van der Waals surface area contributed by atoms with Gasteiger partial charge >= 0.3 is 13.6 Å². The number of hydrogen-bond donors (Lipinski definition) is 2. The standard InChI is InChI=1S/C10H23NO6P/c1-9(13)17-18(15,8-10(14)7-12)16-6-5-11(2,3)4/h10,12,14H,5-8H2,1-4H3/q+1. The zero-order chi connectivity index (χ0) is 14.4. The Morgan fingerprint density at radius 2 is 1.94 bits per heavy atom. The molecule has 8 heteroatoms. The molecule has 2 unspecified atom stereocenters. The Balaban J connectivity index is 4.48. The fourth-order valence-electron chi connectivity index (χ4n) is 1.08. The zero-order valence-corrected chi connectivity index (χ0v) is 12.2. The first-order valence-electron chi connectivity index (χ1n) is 5.61. The van der Waals surface area contributed by atoms with E-state index in [0.717, 1.165) is 6.92 Å². The molecule has 0 amide bonds. The second-order valence-corrected chi connectivity index (χ2v) is 7.09. The number of carbonyl (C=O) groups is 1. The molecule has 0 spiro atoms. The number of likely N-dealkylation sites (N-methyl/N-ethyl adjacent to an activating group) is 1. The third-order valence-corrected chi connectivity index (χ3v) is 3.94. The fraction of sp³-hybridized carbons (Fsp3) is 0.900. The minimum Gasteiger partial charge on any atom is -0.394 e. The van der Waals surface area contributed by atoms with E-state index >= 15 is 0 Å². The molecule has 0 saturated carbocycles. The van der Waals surface area contributed by atoms with Crippen LogP contribution < -0.4 is 0 Å². The smallest absolute Gasteiger partial charge is 0.384 e. The molecule has 108 valence electrons. The van der Waals surface area contributed by atoms with Crippen LogP contribution >= 0.6 is 7.60 Å². The van der Waals surface area contributed by atoms with E-state index in [2.05, 4.69) is 4.52 Å². The summed E-state index contributed by atoms with van der Waals surface area (Å²) >= 11 is 0. The van der Waals surface area contributed by atoms with Gasteiger partial charge in [-0.15, -0.1) is 0 Å². The van der Waals surface area contributed by atoms with Crippen LogP contribution in [0.2, 0.25) is 0 Å². The monoisotopic (exact) mass is 284 g/mol. The van der Waals surface area contributed by atoms with E-state index in [1.165, 1.54) is 0 Å². The molecule has 0 aromatic rings. The summed E-state index contributed by atoms with van der Waals surface area (Å²) in [6.45, 7) is 1.25. The summed E-state index contributed by atoms with van der Waals surface area (Å²) in [5, 5.41) is 18.0. The van der Waals surface area contributed by atoms with Gasteiger partial charge < -0.3 is 19.2 Å². The molecule has 0 rings (SSSR count). The Bertz CT molecular complexity index is 314. The SMILES string of the molecule is CC(=O)OP(=O)(CC(O)CO)OCC[N+](C)(C)C. The molecular weight excluding hydrogens is 261 g/mol. The lowest BCUT2D eigenvalue weighted by Gasteiger charge is -2.25. The summed E-state index contributed by atoms with van der Waals surface area (Å²) in [5.41, 5.74) is 0. The number of carbonyl (C=O) groups excluding carboxylic acids is 1. The van der Waals surface area contributed by atoms with Gasteiger partial charge in [0, 0.05) is 6.92 Å². The van der Waals surface area contributed by atoms with E-state index in [1.807, 2.05) is 21.1 Å². The van der Waals surface area contributed by atoms with Crippen LogP contribution in [-0.2, 0) is 18.4 Å². The molecule has 0 aliphatic heterocycles. The van der Waals surface area contributed by atoms with Crippen LogP contribution in [0.15, 0.2) is 0 Å². The summed E-state index contributed by atoms with van der Waals surface area (Å²) in [6, 6.07) is 0. The van der Waals surface area contributed by atoms with Crippen molar-refractivity contribution in [3.8, 4) is 0 Å². The summed E-state index contributed by atoms with van der Waals surface area (Å²) in [6.07, 6.45) is -1.64. The minimum absolute atomic E-state index is 0.131. The molecule has 7 nitrogen and oxygen atoms in total. The maximum absolute atomic E-state index is 12.1. The van der Waals surface area contributed by atoms with E-state index < -0.39 is 32.4 Å². The normalized spacial score (nSPS) is 17.0. The van der Waals surface area contributed by atoms with E-state index in [9.17, 15) is 14.5 Å². The minimum atomic E-state index is -3.70. The molecule has 0 radical (unpaired) electrons. The fourth-order valence-corrected chi connectivity index (χ4v) is 2.70. The summed E-state index contributed by atoms with van der Waals surface area (Å²) in [4.78, 5) is 10.9. The van der Waals surface area contributed by atoms with Gasteiger partial charge in [-0.3, -0.25) is 9.32 Å². The Kier molecular flexibility index (Phi) is 7.02. The van der Waals surface area contributed by atoms with Gasteiger partial charge in [0.1, 0.15) is 13.2 Å². The Hall–Kier alpha value is -0.460. The maximum atomic E-state index is 12.1. The number of quaternary nitrogens is 1. The summed E-state index contributed by atoms with van der Waals surface area (Å²) < 4.78 is 22.5. The molecule has 0 fully saturated rings. The van der Waals surface area contributed by atoms with Crippen LogP contribution in [0.4, 0.5) is 0 Å². The van der Waals surface area contributed by atoms with E-state index in [4.69, 9.17) is 9.63 Å². The van der Waals surface area contributed by atoms with Crippen molar-refractivity contribution in [3.05, 3.63) is 0 Å². The maximum Gasteiger partial charge on any atom is 0.384 e. The van der Waals surface area contributed by atoms with E-state index in [1.54, 1.807) is 0 Å². The largest absolute Gasteiger partial charge is 0.394 e. The van der Waals surface area contributed by atoms with Gasteiger partial charge in [0.15, 0.2) is 0 Å². The molecule has 0 saturated heterocycles. The molecule has 2 atom stereocenters. The van der Waals surface area contributed by atoms with Crippen molar-refractivity contribution in [2.75, 3.05) is 47.1 Å². The van der Waals surface area contributed by atoms with Gasteiger partial charge in [0.25, 0.3) is 0 Å². The Morgan fingerprint density at radius 1 is 1.39 bits per heavy atom. The van der Waals surface area contributed by atoms with Gasteiger partial charge in [0.05, 0.1) is 40.0 Å². The first kappa shape index (κ1) is 17.5. The number of rotatable bonds is 8. The number of nitrogens with zero attached hydrogens (tertiary/aromatic N) is 1. The zero-order valence-electron chi connectivity index (χ0n) is 11.3. The van der Waals surface area contributed by atoms with Gasteiger partial charge in [-0.05, 0) is 0 Å². The third-order valence-electron chi connectivity index (χ3n) is 1.96. The second-order valence-electron chi connectivity index (χ2n) is 5.06. The van der Waals surface area contributed by atoms with Crippen LogP contribution in [0, 0.1) is 0 Å². The number of aliphatic hydroxyl groups excluding tert-OH is 2. The summed E-state index contributed by atoms with van der Waals surface area (Å²) in [5.74, 6) is -0.742. The topological polar surface area (TPSA) is 93.1 Å². The first-order valence-corrected chi connectivity index (χ1v) is 7.34. The lowest BCUT2D eigenvalue weighted by molar-refractivity contribution is -0.870. The van der Waals surface area contributed by atoms with Crippen LogP contribution in [0.25, 0.3) is 0 Å². The highest BCUT2D eigenvalue weighted by molar-refractivity contribution is 7.54. The molecule has 0 aliphatic rings. The highest BCUT2D eigenvalue weighted by Gasteiger charge is 2.31. The van der Waals surface area contributed by atoms with Crippen LogP contribution in [-0.4, -0.2) is 73.8 Å². The Morgan fingerprint density at radius 3 is 2.33 bits per heavy atom. The van der Waals surface area contributed by atoms with Crippen LogP contribution in [0.1, 0.15) is 6.92 Å². The van der Waals surface area contributed by atoms with Gasteiger partial charge in [-0.25, -0.2) is 4.57 Å². The van der Waals surface area contributed by atoms with Crippen molar-refractivity contribution in [2.24, 2.45) is 0 Å². The van der Waals surface area contributed by atoms with Crippen molar-refractivity contribution >= 4 is 13.6 Å².